The summed E-state index contributed by atoms with van der Waals surface area (Å²) in [5, 5.41) is 0. The maximum atomic E-state index is 11.9. The second-order valence-corrected chi connectivity index (χ2v) is 4.80. The Morgan fingerprint density at radius 1 is 1.39 bits per heavy atom. The van der Waals surface area contributed by atoms with Gasteiger partial charge in [-0.1, -0.05) is 0 Å². The number of hydrogen-bond donors (Lipinski definition) is 0. The molecule has 102 valence electrons. The predicted molar refractivity (Wildman–Crippen MR) is 59.7 cm³/mol. The van der Waals surface area contributed by atoms with Crippen molar-refractivity contribution in [2.45, 2.75) is 32.4 Å². The highest BCUT2D eigenvalue weighted by Crippen LogP contribution is 2.16. The van der Waals surface area contributed by atoms with Crippen LogP contribution < -0.4 is 0 Å². The molecule has 0 radical (unpaired) electrons. The number of esters is 1. The molecule has 0 aliphatic carbocycles. The maximum absolute atomic E-state index is 11.9. The first-order chi connectivity index (χ1) is 8.26. The second-order valence-electron chi connectivity index (χ2n) is 4.80. The van der Waals surface area contributed by atoms with Crippen molar-refractivity contribution in [3.8, 4) is 0 Å². The van der Waals surface area contributed by atoms with Gasteiger partial charge in [0.2, 0.25) is 0 Å². The Morgan fingerprint density at radius 2 is 2.00 bits per heavy atom. The first kappa shape index (κ1) is 14.4. The molecule has 7 nitrogen and oxygen atoms in total. The number of rotatable bonds is 1. The number of imide groups is 1. The van der Waals surface area contributed by atoms with E-state index >= 15 is 0 Å². The van der Waals surface area contributed by atoms with E-state index in [9.17, 15) is 14.4 Å². The molecule has 0 spiro atoms. The summed E-state index contributed by atoms with van der Waals surface area (Å²) in [5.74, 6) is -1.33. The molecule has 1 aliphatic rings. The van der Waals surface area contributed by atoms with Crippen LogP contribution in [0.1, 0.15) is 20.8 Å². The minimum Gasteiger partial charge on any atom is -0.467 e. The third kappa shape index (κ3) is 3.43. The summed E-state index contributed by atoms with van der Waals surface area (Å²) >= 11 is 0. The van der Waals surface area contributed by atoms with Gasteiger partial charge < -0.3 is 14.2 Å². The van der Waals surface area contributed by atoms with Crippen LogP contribution in [0.5, 0.6) is 0 Å². The lowest BCUT2D eigenvalue weighted by Gasteiger charge is -2.33. The molecule has 0 aromatic carbocycles. The fraction of sp³-hybridized carbons (Fsp3) is 0.727. The van der Waals surface area contributed by atoms with Crippen LogP contribution in [0.4, 0.5) is 4.79 Å². The average molecular weight is 259 g/mol. The van der Waals surface area contributed by atoms with E-state index in [0.29, 0.717) is 0 Å². The maximum Gasteiger partial charge on any atom is 0.418 e. The van der Waals surface area contributed by atoms with Crippen molar-refractivity contribution in [1.82, 2.24) is 4.90 Å². The molecule has 0 bridgehead atoms. The fourth-order valence-corrected chi connectivity index (χ4v) is 1.43. The normalized spacial score (nSPS) is 20.6. The van der Waals surface area contributed by atoms with Gasteiger partial charge in [-0.2, -0.15) is 0 Å². The largest absolute Gasteiger partial charge is 0.467 e. The van der Waals surface area contributed by atoms with Crippen LogP contribution in [0.2, 0.25) is 0 Å². The summed E-state index contributed by atoms with van der Waals surface area (Å²) in [7, 11) is 1.18. The summed E-state index contributed by atoms with van der Waals surface area (Å²) in [6.07, 6.45) is -0.869. The van der Waals surface area contributed by atoms with Gasteiger partial charge in [0.25, 0.3) is 5.91 Å². The molecule has 18 heavy (non-hydrogen) atoms. The van der Waals surface area contributed by atoms with Crippen molar-refractivity contribution in [2.24, 2.45) is 0 Å². The van der Waals surface area contributed by atoms with Crippen LogP contribution in [0.15, 0.2) is 0 Å². The second kappa shape index (κ2) is 5.34. The smallest absolute Gasteiger partial charge is 0.418 e. The lowest BCUT2D eigenvalue weighted by Crippen LogP contribution is -2.57. The van der Waals surface area contributed by atoms with E-state index in [0.717, 1.165) is 4.90 Å². The number of ether oxygens (including phenoxy) is 3. The van der Waals surface area contributed by atoms with Gasteiger partial charge in [0.05, 0.1) is 13.7 Å². The fourth-order valence-electron chi connectivity index (χ4n) is 1.43. The van der Waals surface area contributed by atoms with Crippen LogP contribution in [0.3, 0.4) is 0 Å². The highest BCUT2D eigenvalue weighted by molar-refractivity contribution is 5.98. The highest BCUT2D eigenvalue weighted by atomic mass is 16.6. The number of amides is 2. The molecule has 1 saturated heterocycles. The topological polar surface area (TPSA) is 82.1 Å². The standard InChI is InChI=1S/C11H17NO6/c1-11(2,3)18-10(15)12-7(9(14)16-4)5-17-6-8(12)13/h7H,5-6H2,1-4H3/t7-/m0/s1. The van der Waals surface area contributed by atoms with E-state index in [4.69, 9.17) is 9.47 Å². The van der Waals surface area contributed by atoms with Gasteiger partial charge in [-0.05, 0) is 20.8 Å². The lowest BCUT2D eigenvalue weighted by molar-refractivity contribution is -0.163. The number of morpholine rings is 1. The van der Waals surface area contributed by atoms with E-state index in [2.05, 4.69) is 4.74 Å². The van der Waals surface area contributed by atoms with Crippen molar-refractivity contribution in [2.75, 3.05) is 20.3 Å². The van der Waals surface area contributed by atoms with Gasteiger partial charge in [-0.15, -0.1) is 0 Å². The van der Waals surface area contributed by atoms with Crippen LogP contribution in [-0.2, 0) is 23.8 Å². The number of methoxy groups -OCH3 is 1. The first-order valence-corrected chi connectivity index (χ1v) is 5.47. The molecule has 2 amide bonds. The number of nitrogens with zero attached hydrogens (tertiary/aromatic N) is 1. The average Bonchev–Trinajstić information content (AvgIpc) is 2.25. The number of hydrogen-bond acceptors (Lipinski definition) is 6. The molecule has 1 atom stereocenters. The Labute approximate surface area is 105 Å². The van der Waals surface area contributed by atoms with Crippen molar-refractivity contribution in [1.29, 1.82) is 0 Å². The third-order valence-electron chi connectivity index (χ3n) is 2.15. The summed E-state index contributed by atoms with van der Waals surface area (Å²) in [5.41, 5.74) is -0.754. The molecule has 0 unspecified atom stereocenters. The monoisotopic (exact) mass is 259 g/mol. The van der Waals surface area contributed by atoms with Gasteiger partial charge in [-0.25, -0.2) is 14.5 Å². The van der Waals surface area contributed by atoms with Crippen molar-refractivity contribution in [3.05, 3.63) is 0 Å². The van der Waals surface area contributed by atoms with E-state index in [1.807, 2.05) is 0 Å². The highest BCUT2D eigenvalue weighted by Gasteiger charge is 2.41. The van der Waals surface area contributed by atoms with Gasteiger partial charge >= 0.3 is 12.1 Å². The Morgan fingerprint density at radius 3 is 2.50 bits per heavy atom. The minimum absolute atomic E-state index is 0.0857. The quantitative estimate of drug-likeness (QED) is 0.631. The molecule has 1 heterocycles. The van der Waals surface area contributed by atoms with Gasteiger partial charge in [0.15, 0.2) is 6.04 Å². The number of carbonyl (C=O) groups excluding carboxylic acids is 3. The van der Waals surface area contributed by atoms with Gasteiger partial charge in [-0.3, -0.25) is 4.79 Å². The van der Waals surface area contributed by atoms with E-state index < -0.39 is 29.6 Å². The SMILES string of the molecule is COC(=O)[C@@H]1COCC(=O)N1C(=O)OC(C)(C)C. The zero-order valence-electron chi connectivity index (χ0n) is 10.9. The minimum atomic E-state index is -1.09. The van der Waals surface area contributed by atoms with Gasteiger partial charge in [0.1, 0.15) is 12.2 Å². The molecule has 1 aliphatic heterocycles. The van der Waals surface area contributed by atoms with E-state index in [1.165, 1.54) is 7.11 Å². The summed E-state index contributed by atoms with van der Waals surface area (Å²) in [6, 6.07) is -1.09. The summed E-state index contributed by atoms with van der Waals surface area (Å²) in [4.78, 5) is 35.8. The van der Waals surface area contributed by atoms with E-state index in [-0.39, 0.29) is 13.2 Å². The molecule has 0 aromatic heterocycles. The molecule has 0 saturated carbocycles. The van der Waals surface area contributed by atoms with Crippen molar-refractivity contribution >= 4 is 18.0 Å². The third-order valence-corrected chi connectivity index (χ3v) is 2.15. The van der Waals surface area contributed by atoms with Crippen molar-refractivity contribution in [3.63, 3.8) is 0 Å². The Bertz CT molecular complexity index is 359. The van der Waals surface area contributed by atoms with Crippen LogP contribution >= 0.6 is 0 Å². The Balaban J connectivity index is 2.88. The molecule has 0 N–H and O–H groups in total. The van der Waals surface area contributed by atoms with Crippen LogP contribution in [0, 0.1) is 0 Å². The molecule has 0 aromatic rings. The lowest BCUT2D eigenvalue weighted by atomic mass is 10.2. The molecule has 7 heteroatoms. The number of carbonyl (C=O) groups is 3. The Kier molecular flexibility index (Phi) is 4.28. The van der Waals surface area contributed by atoms with Crippen LogP contribution in [0.25, 0.3) is 0 Å². The Hall–Kier alpha value is -1.63. The first-order valence-electron chi connectivity index (χ1n) is 5.47. The van der Waals surface area contributed by atoms with Crippen molar-refractivity contribution < 1.29 is 28.6 Å². The van der Waals surface area contributed by atoms with Gasteiger partial charge in [0, 0.05) is 0 Å². The molecular weight excluding hydrogens is 242 g/mol. The molecular formula is C11H17NO6. The molecule has 1 rings (SSSR count). The zero-order valence-corrected chi connectivity index (χ0v) is 10.9. The summed E-state index contributed by atoms with van der Waals surface area (Å²) in [6.45, 7) is 4.67. The predicted octanol–water partition coefficient (Wildman–Crippen LogP) is 0.322. The van der Waals surface area contributed by atoms with Crippen LogP contribution in [-0.4, -0.2) is 54.8 Å². The van der Waals surface area contributed by atoms with E-state index in [1.54, 1.807) is 20.8 Å². The molecule has 1 fully saturated rings. The zero-order chi connectivity index (χ0) is 13.9. The summed E-state index contributed by atoms with van der Waals surface area (Å²) < 4.78 is 14.5.